The van der Waals surface area contributed by atoms with Crippen molar-refractivity contribution in [2.45, 2.75) is 30.7 Å². The fourth-order valence-electron chi connectivity index (χ4n) is 1.57. The molecule has 0 saturated carbocycles. The van der Waals surface area contributed by atoms with Gasteiger partial charge in [0, 0.05) is 11.9 Å². The molecule has 0 aliphatic rings. The first-order chi connectivity index (χ1) is 8.42. The van der Waals surface area contributed by atoms with Crippen LogP contribution in [-0.4, -0.2) is 20.3 Å². The lowest BCUT2D eigenvalue weighted by molar-refractivity contribution is 0.568. The molecule has 0 bridgehead atoms. The standard InChI is InChI=1S/C12H15ClN2O2S/c1-9(2)15-18(16,17)12-6-4-3-5-11(12)10(7-13)8-14/h3-6,9-10,15H,7H2,1-2H3. The zero-order chi connectivity index (χ0) is 13.8. The van der Waals surface area contributed by atoms with Crippen LogP contribution < -0.4 is 4.72 Å². The van der Waals surface area contributed by atoms with Crippen LogP contribution in [0.25, 0.3) is 0 Å². The molecule has 1 aromatic rings. The van der Waals surface area contributed by atoms with Crippen molar-refractivity contribution in [3.05, 3.63) is 29.8 Å². The molecule has 1 N–H and O–H groups in total. The quantitative estimate of drug-likeness (QED) is 0.844. The number of hydrogen-bond acceptors (Lipinski definition) is 3. The van der Waals surface area contributed by atoms with E-state index in [-0.39, 0.29) is 16.8 Å². The smallest absolute Gasteiger partial charge is 0.209 e. The molecule has 0 amide bonds. The molecule has 6 heteroatoms. The zero-order valence-corrected chi connectivity index (χ0v) is 11.8. The van der Waals surface area contributed by atoms with E-state index in [1.807, 2.05) is 6.07 Å². The Morgan fingerprint density at radius 2 is 2.00 bits per heavy atom. The molecule has 0 aliphatic heterocycles. The number of alkyl halides is 1. The summed E-state index contributed by atoms with van der Waals surface area (Å²) in [5.41, 5.74) is 0.433. The van der Waals surface area contributed by atoms with Crippen molar-refractivity contribution in [1.82, 2.24) is 4.72 Å². The summed E-state index contributed by atoms with van der Waals surface area (Å²) >= 11 is 5.69. The summed E-state index contributed by atoms with van der Waals surface area (Å²) in [4.78, 5) is 0.117. The number of sulfonamides is 1. The van der Waals surface area contributed by atoms with Gasteiger partial charge in [-0.25, -0.2) is 13.1 Å². The summed E-state index contributed by atoms with van der Waals surface area (Å²) in [5.74, 6) is -0.573. The van der Waals surface area contributed by atoms with E-state index in [0.717, 1.165) is 0 Å². The third-order valence-electron chi connectivity index (χ3n) is 2.28. The van der Waals surface area contributed by atoms with Crippen molar-refractivity contribution in [2.75, 3.05) is 5.88 Å². The normalized spacial score (nSPS) is 13.3. The van der Waals surface area contributed by atoms with Crippen molar-refractivity contribution < 1.29 is 8.42 Å². The van der Waals surface area contributed by atoms with Crippen LogP contribution >= 0.6 is 11.6 Å². The minimum Gasteiger partial charge on any atom is -0.209 e. The Balaban J connectivity index is 3.30. The Morgan fingerprint density at radius 3 is 2.50 bits per heavy atom. The highest BCUT2D eigenvalue weighted by Gasteiger charge is 2.23. The first kappa shape index (κ1) is 15.0. The maximum atomic E-state index is 12.1. The lowest BCUT2D eigenvalue weighted by atomic mass is 10.0. The highest BCUT2D eigenvalue weighted by Crippen LogP contribution is 2.24. The number of hydrogen-bond donors (Lipinski definition) is 1. The minimum atomic E-state index is -3.62. The molecule has 18 heavy (non-hydrogen) atoms. The molecule has 0 saturated heterocycles. The minimum absolute atomic E-state index is 0.0602. The molecule has 0 heterocycles. The predicted molar refractivity (Wildman–Crippen MR) is 71.0 cm³/mol. The van der Waals surface area contributed by atoms with E-state index >= 15 is 0 Å². The second-order valence-corrected chi connectivity index (χ2v) is 6.14. The van der Waals surface area contributed by atoms with Gasteiger partial charge in [-0.2, -0.15) is 5.26 Å². The van der Waals surface area contributed by atoms with Crippen molar-refractivity contribution in [3.63, 3.8) is 0 Å². The molecule has 98 valence electrons. The SMILES string of the molecule is CC(C)NS(=O)(=O)c1ccccc1C(C#N)CCl. The van der Waals surface area contributed by atoms with Crippen LogP contribution in [0.15, 0.2) is 29.2 Å². The molecule has 0 spiro atoms. The molecular formula is C12H15ClN2O2S. The van der Waals surface area contributed by atoms with Crippen LogP contribution in [0.1, 0.15) is 25.3 Å². The number of rotatable bonds is 5. The molecule has 0 aliphatic carbocycles. The summed E-state index contributed by atoms with van der Waals surface area (Å²) < 4.78 is 26.8. The fourth-order valence-corrected chi connectivity index (χ4v) is 3.34. The van der Waals surface area contributed by atoms with Gasteiger partial charge in [-0.1, -0.05) is 18.2 Å². The predicted octanol–water partition coefficient (Wildman–Crippen LogP) is 2.22. The Bertz CT molecular complexity index is 549. The van der Waals surface area contributed by atoms with Crippen LogP contribution in [0, 0.1) is 11.3 Å². The number of nitriles is 1. The van der Waals surface area contributed by atoms with Crippen LogP contribution in [-0.2, 0) is 10.0 Å². The molecule has 1 atom stereocenters. The molecular weight excluding hydrogens is 272 g/mol. The van der Waals surface area contributed by atoms with Gasteiger partial charge in [-0.3, -0.25) is 0 Å². The number of nitrogens with zero attached hydrogens (tertiary/aromatic N) is 1. The highest BCUT2D eigenvalue weighted by molar-refractivity contribution is 7.89. The van der Waals surface area contributed by atoms with Gasteiger partial charge in [-0.05, 0) is 25.5 Å². The maximum Gasteiger partial charge on any atom is 0.241 e. The zero-order valence-electron chi connectivity index (χ0n) is 10.2. The summed E-state index contributed by atoms with van der Waals surface area (Å²) in [7, 11) is -3.62. The van der Waals surface area contributed by atoms with Gasteiger partial charge in [0.05, 0.1) is 16.9 Å². The summed E-state index contributed by atoms with van der Waals surface area (Å²) in [6.45, 7) is 3.48. The van der Waals surface area contributed by atoms with Crippen molar-refractivity contribution >= 4 is 21.6 Å². The molecule has 1 rings (SSSR count). The average Bonchev–Trinajstić information content (AvgIpc) is 2.29. The van der Waals surface area contributed by atoms with Crippen LogP contribution in [0.5, 0.6) is 0 Å². The summed E-state index contributed by atoms with van der Waals surface area (Å²) in [5, 5.41) is 9.00. The van der Waals surface area contributed by atoms with Crippen molar-refractivity contribution in [1.29, 1.82) is 5.26 Å². The summed E-state index contributed by atoms with van der Waals surface area (Å²) in [6, 6.07) is 8.22. The maximum absolute atomic E-state index is 12.1. The number of benzene rings is 1. The fraction of sp³-hybridized carbons (Fsp3) is 0.417. The Hall–Kier alpha value is -1.09. The molecule has 1 aromatic carbocycles. The third-order valence-corrected chi connectivity index (χ3v) is 4.33. The van der Waals surface area contributed by atoms with Gasteiger partial charge in [0.15, 0.2) is 0 Å². The van der Waals surface area contributed by atoms with Gasteiger partial charge >= 0.3 is 0 Å². The van der Waals surface area contributed by atoms with Crippen LogP contribution in [0.4, 0.5) is 0 Å². The van der Waals surface area contributed by atoms with E-state index in [1.54, 1.807) is 32.0 Å². The monoisotopic (exact) mass is 286 g/mol. The van der Waals surface area contributed by atoms with E-state index in [9.17, 15) is 8.42 Å². The van der Waals surface area contributed by atoms with Crippen LogP contribution in [0.2, 0.25) is 0 Å². The van der Waals surface area contributed by atoms with E-state index < -0.39 is 15.9 Å². The Labute approximate surface area is 113 Å². The van der Waals surface area contributed by atoms with E-state index in [4.69, 9.17) is 16.9 Å². The van der Waals surface area contributed by atoms with E-state index in [0.29, 0.717) is 5.56 Å². The van der Waals surface area contributed by atoms with Gasteiger partial charge in [0.25, 0.3) is 0 Å². The van der Waals surface area contributed by atoms with Crippen LogP contribution in [0.3, 0.4) is 0 Å². The average molecular weight is 287 g/mol. The third kappa shape index (κ3) is 3.45. The first-order valence-electron chi connectivity index (χ1n) is 5.49. The molecule has 0 fully saturated rings. The molecule has 1 unspecified atom stereocenters. The second-order valence-electron chi connectivity index (χ2n) is 4.15. The molecule has 0 radical (unpaired) electrons. The number of nitrogens with one attached hydrogen (secondary N) is 1. The second kappa shape index (κ2) is 6.19. The van der Waals surface area contributed by atoms with Crippen molar-refractivity contribution in [2.24, 2.45) is 0 Å². The lowest BCUT2D eigenvalue weighted by Crippen LogP contribution is -2.31. The Morgan fingerprint density at radius 1 is 1.39 bits per heavy atom. The topological polar surface area (TPSA) is 70.0 Å². The van der Waals surface area contributed by atoms with Crippen molar-refractivity contribution in [3.8, 4) is 6.07 Å². The molecule has 0 aromatic heterocycles. The summed E-state index contributed by atoms with van der Waals surface area (Å²) in [6.07, 6.45) is 0. The lowest BCUT2D eigenvalue weighted by Gasteiger charge is -2.15. The van der Waals surface area contributed by atoms with E-state index in [1.165, 1.54) is 6.07 Å². The number of halogens is 1. The Kier molecular flexibility index (Phi) is 5.15. The largest absolute Gasteiger partial charge is 0.241 e. The highest BCUT2D eigenvalue weighted by atomic mass is 35.5. The van der Waals surface area contributed by atoms with Gasteiger partial charge in [0.2, 0.25) is 10.0 Å². The molecule has 4 nitrogen and oxygen atoms in total. The van der Waals surface area contributed by atoms with E-state index in [2.05, 4.69) is 4.72 Å². The first-order valence-corrected chi connectivity index (χ1v) is 7.51. The van der Waals surface area contributed by atoms with Gasteiger partial charge < -0.3 is 0 Å². The van der Waals surface area contributed by atoms with Gasteiger partial charge in [-0.15, -0.1) is 11.6 Å². The van der Waals surface area contributed by atoms with Gasteiger partial charge in [0.1, 0.15) is 0 Å².